The zero-order valence-electron chi connectivity index (χ0n) is 9.87. The summed E-state index contributed by atoms with van der Waals surface area (Å²) in [6.07, 6.45) is 4.01. The highest BCUT2D eigenvalue weighted by atomic mass is 16.4. The van der Waals surface area contributed by atoms with E-state index in [1.165, 1.54) is 12.3 Å². The third kappa shape index (κ3) is 3.03. The quantitative estimate of drug-likeness (QED) is 0.802. The summed E-state index contributed by atoms with van der Waals surface area (Å²) in [5.41, 5.74) is 0.935. The summed E-state index contributed by atoms with van der Waals surface area (Å²) in [4.78, 5) is 18.5. The summed E-state index contributed by atoms with van der Waals surface area (Å²) in [6.45, 7) is 0.597. The average Bonchev–Trinajstić information content (AvgIpc) is 2.75. The summed E-state index contributed by atoms with van der Waals surface area (Å²) in [5, 5.41) is 16.0. The van der Waals surface area contributed by atoms with Crippen LogP contribution in [0.3, 0.4) is 0 Å². The molecule has 0 aliphatic carbocycles. The Balaban J connectivity index is 1.90. The lowest BCUT2D eigenvalue weighted by atomic mass is 10.3. The van der Waals surface area contributed by atoms with Gasteiger partial charge in [0.2, 0.25) is 5.95 Å². The van der Waals surface area contributed by atoms with Crippen molar-refractivity contribution in [2.75, 3.05) is 11.9 Å². The summed E-state index contributed by atoms with van der Waals surface area (Å²) < 4.78 is 1.73. The van der Waals surface area contributed by atoms with Crippen LogP contribution in [0.25, 0.3) is 0 Å². The summed E-state index contributed by atoms with van der Waals surface area (Å²) in [7, 11) is 1.86. The smallest absolute Gasteiger partial charge is 0.354 e. The van der Waals surface area contributed by atoms with Crippen molar-refractivity contribution in [2.24, 2.45) is 7.05 Å². The molecule has 0 saturated carbocycles. The van der Waals surface area contributed by atoms with Crippen LogP contribution in [0.1, 0.15) is 16.2 Å². The van der Waals surface area contributed by atoms with E-state index in [1.54, 1.807) is 4.68 Å². The molecule has 7 nitrogen and oxygen atoms in total. The molecule has 0 spiro atoms. The zero-order valence-corrected chi connectivity index (χ0v) is 9.87. The second-order valence-corrected chi connectivity index (χ2v) is 3.73. The van der Waals surface area contributed by atoms with E-state index in [0.717, 1.165) is 12.1 Å². The first-order valence-electron chi connectivity index (χ1n) is 5.44. The van der Waals surface area contributed by atoms with E-state index in [2.05, 4.69) is 20.4 Å². The minimum atomic E-state index is -1.06. The van der Waals surface area contributed by atoms with E-state index in [0.29, 0.717) is 12.5 Å². The van der Waals surface area contributed by atoms with Crippen molar-refractivity contribution < 1.29 is 9.90 Å². The fourth-order valence-electron chi connectivity index (χ4n) is 1.46. The fourth-order valence-corrected chi connectivity index (χ4v) is 1.46. The van der Waals surface area contributed by atoms with Crippen LogP contribution in [0, 0.1) is 0 Å². The maximum atomic E-state index is 10.7. The number of anilines is 1. The van der Waals surface area contributed by atoms with Crippen LogP contribution in [-0.2, 0) is 13.5 Å². The number of carboxylic acids is 1. The molecule has 18 heavy (non-hydrogen) atoms. The number of nitrogens with one attached hydrogen (secondary N) is 1. The monoisotopic (exact) mass is 247 g/mol. The predicted octanol–water partition coefficient (Wildman–Crippen LogP) is 0.563. The number of aryl methyl sites for hydroxylation is 1. The number of carboxylic acid groups (broad SMARTS) is 1. The second-order valence-electron chi connectivity index (χ2n) is 3.73. The van der Waals surface area contributed by atoms with E-state index in [9.17, 15) is 4.79 Å². The summed E-state index contributed by atoms with van der Waals surface area (Å²) in [6, 6.07) is 3.28. The molecule has 0 aliphatic heterocycles. The molecule has 2 rings (SSSR count). The van der Waals surface area contributed by atoms with Crippen LogP contribution >= 0.6 is 0 Å². The molecular formula is C11H13N5O2. The highest BCUT2D eigenvalue weighted by Gasteiger charge is 2.05. The molecule has 0 amide bonds. The Morgan fingerprint density at radius 3 is 3.00 bits per heavy atom. The molecule has 0 aromatic carbocycles. The van der Waals surface area contributed by atoms with Gasteiger partial charge in [-0.05, 0) is 12.1 Å². The molecule has 0 fully saturated rings. The first kappa shape index (κ1) is 12.0. The van der Waals surface area contributed by atoms with Crippen molar-refractivity contribution in [1.29, 1.82) is 0 Å². The Kier molecular flexibility index (Phi) is 3.52. The first-order chi connectivity index (χ1) is 8.65. The first-order valence-corrected chi connectivity index (χ1v) is 5.44. The maximum absolute atomic E-state index is 10.7. The molecule has 2 aromatic heterocycles. The second kappa shape index (κ2) is 5.26. The molecule has 94 valence electrons. The number of aromatic carboxylic acids is 1. The maximum Gasteiger partial charge on any atom is 0.354 e. The van der Waals surface area contributed by atoms with Gasteiger partial charge in [-0.25, -0.2) is 14.8 Å². The van der Waals surface area contributed by atoms with Crippen molar-refractivity contribution in [3.63, 3.8) is 0 Å². The molecule has 0 radical (unpaired) electrons. The molecule has 2 N–H and O–H groups in total. The van der Waals surface area contributed by atoms with Crippen molar-refractivity contribution in [3.8, 4) is 0 Å². The van der Waals surface area contributed by atoms with Gasteiger partial charge in [-0.2, -0.15) is 5.10 Å². The molecule has 2 heterocycles. The standard InChI is InChI=1S/C11H13N5O2/c1-16-7-4-8(15-16)2-5-12-11-13-6-3-9(14-11)10(17)18/h3-4,6-7H,2,5H2,1H3,(H,17,18)(H,12,13,14). The third-order valence-electron chi connectivity index (χ3n) is 2.31. The van der Waals surface area contributed by atoms with Gasteiger partial charge in [-0.1, -0.05) is 0 Å². The Labute approximate surface area is 104 Å². The van der Waals surface area contributed by atoms with Gasteiger partial charge in [0, 0.05) is 32.4 Å². The van der Waals surface area contributed by atoms with E-state index in [1.807, 2.05) is 19.3 Å². The minimum Gasteiger partial charge on any atom is -0.477 e. The molecule has 0 bridgehead atoms. The van der Waals surface area contributed by atoms with Crippen LogP contribution in [0.5, 0.6) is 0 Å². The summed E-state index contributed by atoms with van der Waals surface area (Å²) >= 11 is 0. The Bertz CT molecular complexity index is 552. The molecule has 0 aliphatic rings. The third-order valence-corrected chi connectivity index (χ3v) is 2.31. The molecule has 0 unspecified atom stereocenters. The van der Waals surface area contributed by atoms with Crippen molar-refractivity contribution in [2.45, 2.75) is 6.42 Å². The minimum absolute atomic E-state index is 0.0228. The van der Waals surface area contributed by atoms with Gasteiger partial charge in [0.1, 0.15) is 0 Å². The van der Waals surface area contributed by atoms with Crippen LogP contribution in [-0.4, -0.2) is 37.4 Å². The topological polar surface area (TPSA) is 92.9 Å². The molecule has 0 saturated heterocycles. The number of hydrogen-bond acceptors (Lipinski definition) is 5. The van der Waals surface area contributed by atoms with E-state index in [4.69, 9.17) is 5.11 Å². The lowest BCUT2D eigenvalue weighted by Gasteiger charge is -2.03. The fraction of sp³-hybridized carbons (Fsp3) is 0.273. The van der Waals surface area contributed by atoms with Gasteiger partial charge in [0.05, 0.1) is 5.69 Å². The highest BCUT2D eigenvalue weighted by molar-refractivity contribution is 5.85. The Morgan fingerprint density at radius 2 is 2.33 bits per heavy atom. The SMILES string of the molecule is Cn1ccc(CCNc2nccc(C(=O)O)n2)n1. The van der Waals surface area contributed by atoms with Crippen molar-refractivity contribution in [3.05, 3.63) is 35.9 Å². The van der Waals surface area contributed by atoms with E-state index >= 15 is 0 Å². The molecule has 7 heteroatoms. The largest absolute Gasteiger partial charge is 0.477 e. The Hall–Kier alpha value is -2.44. The van der Waals surface area contributed by atoms with Gasteiger partial charge in [0.15, 0.2) is 5.69 Å². The highest BCUT2D eigenvalue weighted by Crippen LogP contribution is 2.01. The normalized spacial score (nSPS) is 10.3. The van der Waals surface area contributed by atoms with Crippen LogP contribution in [0.15, 0.2) is 24.5 Å². The van der Waals surface area contributed by atoms with Gasteiger partial charge < -0.3 is 10.4 Å². The molecule has 2 aromatic rings. The zero-order chi connectivity index (χ0) is 13.0. The van der Waals surface area contributed by atoms with Gasteiger partial charge in [-0.15, -0.1) is 0 Å². The van der Waals surface area contributed by atoms with Gasteiger partial charge >= 0.3 is 5.97 Å². The number of rotatable bonds is 5. The van der Waals surface area contributed by atoms with Crippen molar-refractivity contribution >= 4 is 11.9 Å². The number of aromatic nitrogens is 4. The van der Waals surface area contributed by atoms with E-state index in [-0.39, 0.29) is 5.69 Å². The summed E-state index contributed by atoms with van der Waals surface area (Å²) in [5.74, 6) is -0.754. The van der Waals surface area contributed by atoms with E-state index < -0.39 is 5.97 Å². The lowest BCUT2D eigenvalue weighted by Crippen LogP contribution is -2.10. The van der Waals surface area contributed by atoms with Crippen molar-refractivity contribution in [1.82, 2.24) is 19.7 Å². The van der Waals surface area contributed by atoms with Crippen LogP contribution < -0.4 is 5.32 Å². The average molecular weight is 247 g/mol. The van der Waals surface area contributed by atoms with Gasteiger partial charge in [0.25, 0.3) is 0 Å². The molecular weight excluding hydrogens is 234 g/mol. The van der Waals surface area contributed by atoms with Crippen LogP contribution in [0.4, 0.5) is 5.95 Å². The predicted molar refractivity (Wildman–Crippen MR) is 64.4 cm³/mol. The molecule has 0 atom stereocenters. The van der Waals surface area contributed by atoms with Gasteiger partial charge in [-0.3, -0.25) is 4.68 Å². The Morgan fingerprint density at radius 1 is 1.50 bits per heavy atom. The number of nitrogens with zero attached hydrogens (tertiary/aromatic N) is 4. The lowest BCUT2D eigenvalue weighted by molar-refractivity contribution is 0.0690. The number of carbonyl (C=O) groups is 1. The van der Waals surface area contributed by atoms with Crippen LogP contribution in [0.2, 0.25) is 0 Å². The number of hydrogen-bond donors (Lipinski definition) is 2.